The van der Waals surface area contributed by atoms with Crippen molar-refractivity contribution in [2.75, 3.05) is 18.0 Å². The van der Waals surface area contributed by atoms with Gasteiger partial charge in [0.25, 0.3) is 0 Å². The summed E-state index contributed by atoms with van der Waals surface area (Å²) >= 11 is 0. The molecule has 1 fully saturated rings. The molecule has 0 aromatic heterocycles. The fourth-order valence-electron chi connectivity index (χ4n) is 1.95. The van der Waals surface area contributed by atoms with Crippen LogP contribution >= 0.6 is 0 Å². The first-order valence-corrected chi connectivity index (χ1v) is 5.02. The van der Waals surface area contributed by atoms with E-state index in [9.17, 15) is 5.11 Å². The molecule has 1 aliphatic rings. The first kappa shape index (κ1) is 9.49. The number of hydrogen-bond acceptors (Lipinski definition) is 3. The molecule has 3 N–H and O–H groups in total. The fourth-order valence-corrected chi connectivity index (χ4v) is 1.95. The molecule has 3 heteroatoms. The molecular weight excluding hydrogens is 176 g/mol. The molecule has 1 aliphatic heterocycles. The van der Waals surface area contributed by atoms with Crippen molar-refractivity contribution in [1.29, 1.82) is 0 Å². The minimum absolute atomic E-state index is 0.180. The van der Waals surface area contributed by atoms with Crippen LogP contribution in [-0.2, 0) is 6.54 Å². The molecule has 0 bridgehead atoms. The number of anilines is 1. The summed E-state index contributed by atoms with van der Waals surface area (Å²) in [6.45, 7) is 2.22. The Morgan fingerprint density at radius 3 is 2.86 bits per heavy atom. The van der Waals surface area contributed by atoms with Gasteiger partial charge in [-0.25, -0.2) is 0 Å². The lowest BCUT2D eigenvalue weighted by atomic mass is 10.1. The summed E-state index contributed by atoms with van der Waals surface area (Å²) in [6.07, 6.45) is 0.680. The quantitative estimate of drug-likeness (QED) is 0.725. The molecule has 1 aromatic carbocycles. The monoisotopic (exact) mass is 192 g/mol. The molecule has 3 nitrogen and oxygen atoms in total. The second-order valence-electron chi connectivity index (χ2n) is 3.72. The lowest BCUT2D eigenvalue weighted by molar-refractivity contribution is 0.198. The number of rotatable bonds is 2. The Kier molecular flexibility index (Phi) is 2.70. The second kappa shape index (κ2) is 3.98. The average Bonchev–Trinajstić information content (AvgIpc) is 2.65. The third kappa shape index (κ3) is 1.74. The van der Waals surface area contributed by atoms with Gasteiger partial charge in [-0.05, 0) is 18.1 Å². The van der Waals surface area contributed by atoms with E-state index >= 15 is 0 Å². The average molecular weight is 192 g/mol. The second-order valence-corrected chi connectivity index (χ2v) is 3.72. The Labute approximate surface area is 84.1 Å². The van der Waals surface area contributed by atoms with Crippen LogP contribution in [0.1, 0.15) is 12.0 Å². The van der Waals surface area contributed by atoms with Gasteiger partial charge in [-0.3, -0.25) is 0 Å². The van der Waals surface area contributed by atoms with E-state index in [-0.39, 0.29) is 6.10 Å². The van der Waals surface area contributed by atoms with E-state index in [0.29, 0.717) is 6.54 Å². The first-order valence-electron chi connectivity index (χ1n) is 5.02. The predicted molar refractivity (Wildman–Crippen MR) is 57.2 cm³/mol. The van der Waals surface area contributed by atoms with Crippen LogP contribution in [0.2, 0.25) is 0 Å². The molecule has 14 heavy (non-hydrogen) atoms. The zero-order chi connectivity index (χ0) is 9.97. The number of hydrogen-bond donors (Lipinski definition) is 2. The first-order chi connectivity index (χ1) is 6.81. The van der Waals surface area contributed by atoms with Gasteiger partial charge in [0.05, 0.1) is 6.10 Å². The highest BCUT2D eigenvalue weighted by molar-refractivity contribution is 5.54. The van der Waals surface area contributed by atoms with Crippen LogP contribution in [0.4, 0.5) is 5.69 Å². The van der Waals surface area contributed by atoms with E-state index in [1.807, 2.05) is 18.2 Å². The number of aliphatic hydroxyl groups is 1. The molecule has 0 aliphatic carbocycles. The van der Waals surface area contributed by atoms with Crippen LogP contribution in [0.3, 0.4) is 0 Å². The number of para-hydroxylation sites is 1. The SMILES string of the molecule is NCc1ccccc1N1CC[C@H](O)C1. The molecule has 0 radical (unpaired) electrons. The van der Waals surface area contributed by atoms with Crippen LogP contribution in [0.25, 0.3) is 0 Å². The van der Waals surface area contributed by atoms with E-state index in [2.05, 4.69) is 11.0 Å². The van der Waals surface area contributed by atoms with Gasteiger partial charge in [0.1, 0.15) is 0 Å². The molecule has 1 saturated heterocycles. The maximum atomic E-state index is 9.45. The summed E-state index contributed by atoms with van der Waals surface area (Å²) in [5, 5.41) is 9.45. The Morgan fingerprint density at radius 1 is 1.43 bits per heavy atom. The highest BCUT2D eigenvalue weighted by Gasteiger charge is 2.21. The predicted octanol–water partition coefficient (Wildman–Crippen LogP) is 0.716. The van der Waals surface area contributed by atoms with Crippen molar-refractivity contribution in [2.45, 2.75) is 19.1 Å². The van der Waals surface area contributed by atoms with Crippen LogP contribution in [0.5, 0.6) is 0 Å². The summed E-state index contributed by atoms with van der Waals surface area (Å²) < 4.78 is 0. The number of nitrogens with two attached hydrogens (primary N) is 1. The minimum Gasteiger partial charge on any atom is -0.391 e. The molecule has 0 unspecified atom stereocenters. The van der Waals surface area contributed by atoms with Gasteiger partial charge >= 0.3 is 0 Å². The Hall–Kier alpha value is -1.06. The summed E-state index contributed by atoms with van der Waals surface area (Å²) in [7, 11) is 0. The molecule has 1 aromatic rings. The van der Waals surface area contributed by atoms with Gasteiger partial charge in [-0.15, -0.1) is 0 Å². The van der Waals surface area contributed by atoms with Crippen molar-refractivity contribution in [3.8, 4) is 0 Å². The minimum atomic E-state index is -0.180. The van der Waals surface area contributed by atoms with Gasteiger partial charge < -0.3 is 15.7 Å². The third-order valence-electron chi connectivity index (χ3n) is 2.72. The smallest absolute Gasteiger partial charge is 0.0731 e. The standard InChI is InChI=1S/C11H16N2O/c12-7-9-3-1-2-4-11(9)13-6-5-10(14)8-13/h1-4,10,14H,5-8,12H2/t10-/m0/s1. The molecule has 0 amide bonds. The Balaban J connectivity index is 2.22. The zero-order valence-corrected chi connectivity index (χ0v) is 8.19. The van der Waals surface area contributed by atoms with E-state index in [0.717, 1.165) is 25.1 Å². The van der Waals surface area contributed by atoms with Gasteiger partial charge in [0, 0.05) is 25.3 Å². The number of aliphatic hydroxyl groups excluding tert-OH is 1. The molecule has 0 spiro atoms. The van der Waals surface area contributed by atoms with Gasteiger partial charge in [0.2, 0.25) is 0 Å². The molecule has 2 rings (SSSR count). The summed E-state index contributed by atoms with van der Waals surface area (Å²) in [5.41, 5.74) is 7.99. The van der Waals surface area contributed by atoms with Crippen molar-refractivity contribution in [3.63, 3.8) is 0 Å². The van der Waals surface area contributed by atoms with E-state index in [4.69, 9.17) is 5.73 Å². The van der Waals surface area contributed by atoms with Crippen molar-refractivity contribution in [2.24, 2.45) is 5.73 Å². The van der Waals surface area contributed by atoms with Crippen molar-refractivity contribution >= 4 is 5.69 Å². The maximum absolute atomic E-state index is 9.45. The highest BCUT2D eigenvalue weighted by atomic mass is 16.3. The van der Waals surface area contributed by atoms with Gasteiger partial charge in [-0.1, -0.05) is 18.2 Å². The summed E-state index contributed by atoms with van der Waals surface area (Å²) in [5.74, 6) is 0. The third-order valence-corrected chi connectivity index (χ3v) is 2.72. The number of benzene rings is 1. The number of nitrogens with zero attached hydrogens (tertiary/aromatic N) is 1. The fraction of sp³-hybridized carbons (Fsp3) is 0.455. The Bertz CT molecular complexity index is 314. The summed E-state index contributed by atoms with van der Waals surface area (Å²) in [4.78, 5) is 2.20. The topological polar surface area (TPSA) is 49.5 Å². The highest BCUT2D eigenvalue weighted by Crippen LogP contribution is 2.23. The summed E-state index contributed by atoms with van der Waals surface area (Å²) in [6, 6.07) is 8.12. The van der Waals surface area contributed by atoms with Crippen LogP contribution in [-0.4, -0.2) is 24.3 Å². The molecule has 0 saturated carbocycles. The van der Waals surface area contributed by atoms with Crippen LogP contribution in [0, 0.1) is 0 Å². The molecule has 76 valence electrons. The molecule has 1 atom stereocenters. The largest absolute Gasteiger partial charge is 0.391 e. The van der Waals surface area contributed by atoms with E-state index in [1.165, 1.54) is 5.69 Å². The van der Waals surface area contributed by atoms with Crippen molar-refractivity contribution in [1.82, 2.24) is 0 Å². The Morgan fingerprint density at radius 2 is 2.21 bits per heavy atom. The zero-order valence-electron chi connectivity index (χ0n) is 8.19. The van der Waals surface area contributed by atoms with Crippen molar-refractivity contribution < 1.29 is 5.11 Å². The molecule has 1 heterocycles. The van der Waals surface area contributed by atoms with Crippen molar-refractivity contribution in [3.05, 3.63) is 29.8 Å². The lowest BCUT2D eigenvalue weighted by Gasteiger charge is -2.20. The van der Waals surface area contributed by atoms with Gasteiger partial charge in [0.15, 0.2) is 0 Å². The van der Waals surface area contributed by atoms with Crippen LogP contribution in [0.15, 0.2) is 24.3 Å². The lowest BCUT2D eigenvalue weighted by Crippen LogP contribution is -2.22. The molecular formula is C11H16N2O. The van der Waals surface area contributed by atoms with E-state index < -0.39 is 0 Å². The van der Waals surface area contributed by atoms with Gasteiger partial charge in [-0.2, -0.15) is 0 Å². The number of β-amino-alcohol motifs (C(OH)–C–C–N with tert-alkyl or cyclic N) is 1. The normalized spacial score (nSPS) is 21.6. The van der Waals surface area contributed by atoms with E-state index in [1.54, 1.807) is 0 Å². The van der Waals surface area contributed by atoms with Crippen LogP contribution < -0.4 is 10.6 Å². The maximum Gasteiger partial charge on any atom is 0.0731 e.